The second-order valence-electron chi connectivity index (χ2n) is 0. The van der Waals surface area contributed by atoms with Crippen molar-refractivity contribution in [2.75, 3.05) is 0 Å². The van der Waals surface area contributed by atoms with Crippen LogP contribution in [-0.4, -0.2) is 11.0 Å². The van der Waals surface area contributed by atoms with Crippen LogP contribution in [0.5, 0.6) is 0 Å². The third kappa shape index (κ3) is 8.83. The number of rotatable bonds is 0. The molecule has 0 saturated carbocycles. The van der Waals surface area contributed by atoms with Gasteiger partial charge in [0.2, 0.25) is 0 Å². The molecule has 0 spiro atoms. The number of hydrogen-bond donors (Lipinski definition) is 0. The van der Waals surface area contributed by atoms with Crippen molar-refractivity contribution in [3.05, 3.63) is 0 Å². The summed E-state index contributed by atoms with van der Waals surface area (Å²) in [5.74, 6) is 0. The second-order valence-corrected chi connectivity index (χ2v) is 0. The fourth-order valence-electron chi connectivity index (χ4n) is 0. The van der Waals surface area contributed by atoms with E-state index in [2.05, 4.69) is 0 Å². The van der Waals surface area contributed by atoms with E-state index >= 15 is 0 Å². The van der Waals surface area contributed by atoms with Crippen LogP contribution in [-0.2, 0) is 26.2 Å². The Kier molecular flexibility index (Phi) is 129. The van der Waals surface area contributed by atoms with Crippen molar-refractivity contribution in [1.29, 1.82) is 0 Å². The van der Waals surface area contributed by atoms with E-state index in [4.69, 9.17) is 0 Å². The first-order valence-corrected chi connectivity index (χ1v) is 0. The van der Waals surface area contributed by atoms with Crippen molar-refractivity contribution in [3.8, 4) is 0 Å². The average molecular weight is 155 g/mol. The summed E-state index contributed by atoms with van der Waals surface area (Å²) < 4.78 is 0. The van der Waals surface area contributed by atoms with E-state index in [9.17, 15) is 0 Å². The van der Waals surface area contributed by atoms with Crippen LogP contribution in [0.3, 0.4) is 0 Å². The van der Waals surface area contributed by atoms with Crippen LogP contribution in [0.15, 0.2) is 0 Å². The topological polar surface area (TPSA) is 0 Å². The maximum atomic E-state index is 0. The van der Waals surface area contributed by atoms with E-state index in [-0.39, 0.29) is 88.4 Å². The summed E-state index contributed by atoms with van der Waals surface area (Å²) in [6.45, 7) is 0. The smallest absolute Gasteiger partial charge is 1.00 e. The van der Waals surface area contributed by atoms with Gasteiger partial charge in [0, 0.05) is 26.2 Å². The Bertz CT molecular complexity index is 13.5. The molecule has 0 nitrogen and oxygen atoms in total. The van der Waals surface area contributed by atoms with Crippen LogP contribution in [0.1, 0.15) is 2.85 Å². The Morgan fingerprint density at radius 2 is 1.25 bits per heavy atom. The molecule has 0 saturated heterocycles. The predicted octanol–water partition coefficient (Wildman–Crippen LogP) is -7.22. The quantitative estimate of drug-likeness (QED) is 0.305. The first-order chi connectivity index (χ1) is 0. The van der Waals surface area contributed by atoms with Gasteiger partial charge in [0.05, 0.1) is 0 Å². The van der Waals surface area contributed by atoms with Crippen LogP contribution >= 0.6 is 0 Å². The Hall–Kier alpha value is 2.70. The molecule has 4 heavy (non-hydrogen) atoms. The standard InChI is InChI=1S/Li.Na.H4Si.Zr.2H/h;;1H4;;;/q2*+1;;;2*-1. The van der Waals surface area contributed by atoms with E-state index < -0.39 is 0 Å². The normalized spacial score (nSPS) is 0. The van der Waals surface area contributed by atoms with Gasteiger partial charge in [0.25, 0.3) is 0 Å². The zero-order chi connectivity index (χ0) is 0. The molecule has 0 aliphatic rings. The van der Waals surface area contributed by atoms with Gasteiger partial charge in [0.15, 0.2) is 0 Å². The van der Waals surface area contributed by atoms with Crippen molar-refractivity contribution in [2.45, 2.75) is 0 Å². The molecule has 0 amide bonds. The van der Waals surface area contributed by atoms with Gasteiger partial charge < -0.3 is 2.85 Å². The molecule has 0 unspecified atom stereocenters. The molecule has 0 aliphatic heterocycles. The molecule has 0 aromatic carbocycles. The van der Waals surface area contributed by atoms with Gasteiger partial charge in [0.1, 0.15) is 0 Å². The Morgan fingerprint density at radius 1 is 1.25 bits per heavy atom. The minimum Gasteiger partial charge on any atom is -1.00 e. The van der Waals surface area contributed by atoms with E-state index in [1.165, 1.54) is 0 Å². The molecule has 4 heteroatoms. The Balaban J connectivity index is 0. The molecule has 0 atom stereocenters. The summed E-state index contributed by atoms with van der Waals surface area (Å²) in [4.78, 5) is 0. The third-order valence-corrected chi connectivity index (χ3v) is 0. The molecule has 0 aliphatic carbocycles. The van der Waals surface area contributed by atoms with Crippen molar-refractivity contribution in [3.63, 3.8) is 0 Å². The molecule has 0 N–H and O–H groups in total. The first-order valence-electron chi connectivity index (χ1n) is 0. The summed E-state index contributed by atoms with van der Waals surface area (Å²) in [6, 6.07) is 0. The minimum absolute atomic E-state index is 0. The van der Waals surface area contributed by atoms with Gasteiger partial charge in [-0.2, -0.15) is 0 Å². The molecule has 0 bridgehead atoms. The molecule has 0 aromatic heterocycles. The zero-order valence-corrected chi connectivity index (χ0v) is 6.96. The molecular formula is H6LiNaSiZr. The molecule has 0 rings (SSSR count). The van der Waals surface area contributed by atoms with Crippen LogP contribution in [0, 0.1) is 0 Å². The monoisotopic (exact) mass is 154 g/mol. The average Bonchev–Trinajstić information content (AvgIpc) is 0. The van der Waals surface area contributed by atoms with Crippen molar-refractivity contribution < 1.29 is 77.5 Å². The van der Waals surface area contributed by atoms with Crippen LogP contribution in [0.2, 0.25) is 0 Å². The summed E-state index contributed by atoms with van der Waals surface area (Å²) >= 11 is 0. The van der Waals surface area contributed by atoms with Crippen molar-refractivity contribution in [1.82, 2.24) is 0 Å². The van der Waals surface area contributed by atoms with Gasteiger partial charge in [-0.3, -0.25) is 0 Å². The van der Waals surface area contributed by atoms with Gasteiger partial charge >= 0.3 is 48.4 Å². The van der Waals surface area contributed by atoms with Gasteiger partial charge in [-0.05, 0) is 11.0 Å². The fourth-order valence-corrected chi connectivity index (χ4v) is 0. The van der Waals surface area contributed by atoms with Crippen molar-refractivity contribution in [2.24, 2.45) is 0 Å². The fraction of sp³-hybridized carbons (Fsp3) is 0. The van der Waals surface area contributed by atoms with Crippen LogP contribution in [0.4, 0.5) is 0 Å². The maximum absolute atomic E-state index is 0. The largest absolute Gasteiger partial charge is 1.00 e. The minimum atomic E-state index is 0. The van der Waals surface area contributed by atoms with Gasteiger partial charge in [-0.25, -0.2) is 0 Å². The second kappa shape index (κ2) is 17.3. The van der Waals surface area contributed by atoms with E-state index in [0.717, 1.165) is 0 Å². The van der Waals surface area contributed by atoms with Crippen LogP contribution in [0.25, 0.3) is 0 Å². The third-order valence-electron chi connectivity index (χ3n) is 0. The maximum Gasteiger partial charge on any atom is 1.00 e. The summed E-state index contributed by atoms with van der Waals surface area (Å²) in [5.41, 5.74) is 0. The number of hydrogen-bond acceptors (Lipinski definition) is 0. The Labute approximate surface area is 87.1 Å². The molecule has 0 heterocycles. The molecule has 0 radical (unpaired) electrons. The van der Waals surface area contributed by atoms with E-state index in [1.807, 2.05) is 0 Å². The zero-order valence-electron chi connectivity index (χ0n) is 4.50. The molecule has 16 valence electrons. The summed E-state index contributed by atoms with van der Waals surface area (Å²) in [5, 5.41) is 0. The van der Waals surface area contributed by atoms with Gasteiger partial charge in [-0.15, -0.1) is 0 Å². The first kappa shape index (κ1) is 29.9. The SMILES string of the molecule is [H-].[H-].[Li+].[Na+].[SiH4].[Zr]. The summed E-state index contributed by atoms with van der Waals surface area (Å²) in [6.07, 6.45) is 0. The van der Waals surface area contributed by atoms with E-state index in [1.54, 1.807) is 0 Å². The van der Waals surface area contributed by atoms with Crippen LogP contribution < -0.4 is 48.4 Å². The predicted molar refractivity (Wildman–Crippen MR) is 13.6 cm³/mol. The van der Waals surface area contributed by atoms with Crippen molar-refractivity contribution >= 4 is 11.0 Å². The summed E-state index contributed by atoms with van der Waals surface area (Å²) in [7, 11) is 0. The molecule has 0 aromatic rings. The molecule has 0 fully saturated rings. The van der Waals surface area contributed by atoms with Gasteiger partial charge in [-0.1, -0.05) is 0 Å². The van der Waals surface area contributed by atoms with E-state index in [0.29, 0.717) is 0 Å². The Morgan fingerprint density at radius 3 is 1.25 bits per heavy atom. The molecular weight excluding hydrogens is 149 g/mol.